The van der Waals surface area contributed by atoms with Gasteiger partial charge in [-0.3, -0.25) is 4.79 Å². The number of nitrogens with one attached hydrogen (secondary N) is 1. The molecule has 0 aliphatic carbocycles. The minimum absolute atomic E-state index is 0.000582. The van der Waals surface area contributed by atoms with Crippen LogP contribution in [-0.2, 0) is 11.2 Å². The number of benzene rings is 1. The quantitative estimate of drug-likeness (QED) is 0.927. The van der Waals surface area contributed by atoms with Crippen LogP contribution < -0.4 is 5.32 Å². The minimum Gasteiger partial charge on any atom is -0.339 e. The van der Waals surface area contributed by atoms with Crippen LogP contribution in [0, 0.1) is 6.92 Å². The molecule has 1 amide bonds. The van der Waals surface area contributed by atoms with Gasteiger partial charge in [-0.15, -0.1) is 0 Å². The van der Waals surface area contributed by atoms with Gasteiger partial charge in [-0.25, -0.2) is 0 Å². The zero-order chi connectivity index (χ0) is 16.2. The maximum atomic E-state index is 12.6. The number of carbonyl (C=O) groups is 1. The van der Waals surface area contributed by atoms with E-state index in [0.717, 1.165) is 18.7 Å². The summed E-state index contributed by atoms with van der Waals surface area (Å²) in [5, 5.41) is 7.76. The molecule has 1 aromatic carbocycles. The zero-order valence-corrected chi connectivity index (χ0v) is 13.7. The van der Waals surface area contributed by atoms with Crippen molar-refractivity contribution in [1.82, 2.24) is 20.4 Å². The molecule has 0 radical (unpaired) electrons. The number of rotatable bonds is 4. The number of nitrogens with zero attached hydrogens (tertiary/aromatic N) is 3. The summed E-state index contributed by atoms with van der Waals surface area (Å²) < 4.78 is 5.07. The molecule has 23 heavy (non-hydrogen) atoms. The van der Waals surface area contributed by atoms with Crippen LogP contribution in [0.5, 0.6) is 0 Å². The van der Waals surface area contributed by atoms with Gasteiger partial charge in [-0.2, -0.15) is 4.98 Å². The van der Waals surface area contributed by atoms with E-state index in [0.29, 0.717) is 36.1 Å². The van der Waals surface area contributed by atoms with E-state index >= 15 is 0 Å². The molecule has 1 atom stereocenters. The highest BCUT2D eigenvalue weighted by molar-refractivity contribution is 6.30. The van der Waals surface area contributed by atoms with Crippen molar-refractivity contribution in [3.05, 3.63) is 46.6 Å². The van der Waals surface area contributed by atoms with Gasteiger partial charge >= 0.3 is 0 Å². The Balaban J connectivity index is 1.69. The molecule has 1 N–H and O–H groups in total. The van der Waals surface area contributed by atoms with E-state index in [2.05, 4.69) is 15.5 Å². The lowest BCUT2D eigenvalue weighted by Gasteiger charge is -2.36. The van der Waals surface area contributed by atoms with Crippen molar-refractivity contribution >= 4 is 17.5 Å². The fourth-order valence-corrected chi connectivity index (χ4v) is 3.01. The third-order valence-corrected chi connectivity index (χ3v) is 4.15. The zero-order valence-electron chi connectivity index (χ0n) is 13.0. The fraction of sp³-hybridized carbons (Fsp3) is 0.438. The Morgan fingerprint density at radius 3 is 3.13 bits per heavy atom. The van der Waals surface area contributed by atoms with E-state index in [1.54, 1.807) is 6.92 Å². The normalized spacial score (nSPS) is 18.2. The Bertz CT molecular complexity index is 688. The molecule has 1 aromatic heterocycles. The van der Waals surface area contributed by atoms with Crippen molar-refractivity contribution in [3.63, 3.8) is 0 Å². The third-order valence-electron chi connectivity index (χ3n) is 3.92. The Labute approximate surface area is 139 Å². The number of aromatic nitrogens is 2. The summed E-state index contributed by atoms with van der Waals surface area (Å²) >= 11 is 6.08. The van der Waals surface area contributed by atoms with Crippen LogP contribution in [-0.4, -0.2) is 40.6 Å². The Hall–Kier alpha value is -1.92. The van der Waals surface area contributed by atoms with E-state index in [-0.39, 0.29) is 11.9 Å². The second-order valence-electron chi connectivity index (χ2n) is 5.60. The monoisotopic (exact) mass is 334 g/mol. The molecule has 6 nitrogen and oxygen atoms in total. The summed E-state index contributed by atoms with van der Waals surface area (Å²) in [5.41, 5.74) is 1.05. The highest BCUT2D eigenvalue weighted by atomic mass is 35.5. The molecule has 122 valence electrons. The minimum atomic E-state index is -0.000582. The van der Waals surface area contributed by atoms with Gasteiger partial charge in [0.25, 0.3) is 0 Å². The number of carbonyl (C=O) groups excluding carboxylic acids is 1. The molecule has 7 heteroatoms. The average Bonchev–Trinajstić information content (AvgIpc) is 2.98. The number of amides is 1. The first-order valence-electron chi connectivity index (χ1n) is 7.68. The maximum absolute atomic E-state index is 12.6. The summed E-state index contributed by atoms with van der Waals surface area (Å²) in [7, 11) is 0. The number of aryl methyl sites for hydroxylation is 2. The van der Waals surface area contributed by atoms with Crippen LogP contribution in [0.25, 0.3) is 0 Å². The summed E-state index contributed by atoms with van der Waals surface area (Å²) in [5.74, 6) is 1.18. The molecule has 1 fully saturated rings. The van der Waals surface area contributed by atoms with Crippen LogP contribution in [0.15, 0.2) is 28.8 Å². The maximum Gasteiger partial charge on any atom is 0.227 e. The molecule has 1 saturated heterocycles. The Kier molecular flexibility index (Phi) is 4.93. The topological polar surface area (TPSA) is 71.3 Å². The van der Waals surface area contributed by atoms with E-state index in [1.165, 1.54) is 0 Å². The molecule has 0 bridgehead atoms. The smallest absolute Gasteiger partial charge is 0.227 e. The first-order valence-corrected chi connectivity index (χ1v) is 8.06. The Morgan fingerprint density at radius 2 is 2.39 bits per heavy atom. The first kappa shape index (κ1) is 16.0. The fourth-order valence-electron chi connectivity index (χ4n) is 2.81. The molecule has 3 rings (SSSR count). The van der Waals surface area contributed by atoms with Crippen molar-refractivity contribution in [2.45, 2.75) is 25.8 Å². The molecule has 0 saturated carbocycles. The van der Waals surface area contributed by atoms with Gasteiger partial charge in [-0.05, 0) is 24.6 Å². The van der Waals surface area contributed by atoms with Gasteiger partial charge in [0.1, 0.15) is 0 Å². The highest BCUT2D eigenvalue weighted by Gasteiger charge is 2.27. The van der Waals surface area contributed by atoms with Crippen molar-refractivity contribution in [2.24, 2.45) is 0 Å². The molecular weight excluding hydrogens is 316 g/mol. The van der Waals surface area contributed by atoms with Gasteiger partial charge in [0.15, 0.2) is 5.82 Å². The van der Waals surface area contributed by atoms with Gasteiger partial charge < -0.3 is 14.7 Å². The van der Waals surface area contributed by atoms with Gasteiger partial charge in [0.05, 0.1) is 6.04 Å². The summed E-state index contributed by atoms with van der Waals surface area (Å²) in [6.07, 6.45) is 0.824. The van der Waals surface area contributed by atoms with E-state index < -0.39 is 0 Å². The number of hydrogen-bond acceptors (Lipinski definition) is 5. The average molecular weight is 335 g/mol. The SMILES string of the molecule is Cc1noc(CCC(=O)N2CCNCC2c2cccc(Cl)c2)n1. The van der Waals surface area contributed by atoms with Gasteiger partial charge in [0, 0.05) is 37.5 Å². The predicted molar refractivity (Wildman–Crippen MR) is 86.1 cm³/mol. The van der Waals surface area contributed by atoms with Crippen LogP contribution in [0.2, 0.25) is 5.02 Å². The molecule has 2 heterocycles. The van der Waals surface area contributed by atoms with Crippen molar-refractivity contribution in [3.8, 4) is 0 Å². The molecule has 1 aliphatic heterocycles. The number of hydrogen-bond donors (Lipinski definition) is 1. The second-order valence-corrected chi connectivity index (χ2v) is 6.03. The summed E-state index contributed by atoms with van der Waals surface area (Å²) in [4.78, 5) is 18.7. The van der Waals surface area contributed by atoms with E-state index in [4.69, 9.17) is 16.1 Å². The van der Waals surface area contributed by atoms with Crippen LogP contribution in [0.3, 0.4) is 0 Å². The van der Waals surface area contributed by atoms with Crippen LogP contribution in [0.4, 0.5) is 0 Å². The van der Waals surface area contributed by atoms with E-state index in [1.807, 2.05) is 29.2 Å². The second kappa shape index (κ2) is 7.10. The third kappa shape index (κ3) is 3.89. The lowest BCUT2D eigenvalue weighted by Crippen LogP contribution is -2.48. The van der Waals surface area contributed by atoms with Crippen LogP contribution in [0.1, 0.15) is 29.7 Å². The summed E-state index contributed by atoms with van der Waals surface area (Å²) in [6, 6.07) is 7.67. The highest BCUT2D eigenvalue weighted by Crippen LogP contribution is 2.25. The van der Waals surface area contributed by atoms with Gasteiger partial charge in [0.2, 0.25) is 11.8 Å². The van der Waals surface area contributed by atoms with Crippen molar-refractivity contribution in [2.75, 3.05) is 19.6 Å². The van der Waals surface area contributed by atoms with Gasteiger partial charge in [-0.1, -0.05) is 28.9 Å². The van der Waals surface area contributed by atoms with Crippen molar-refractivity contribution < 1.29 is 9.32 Å². The standard InChI is InChI=1S/C16H19ClN4O2/c1-11-19-15(23-20-11)5-6-16(22)21-8-7-18-10-14(21)12-3-2-4-13(17)9-12/h2-4,9,14,18H,5-8,10H2,1H3. The molecule has 2 aromatic rings. The molecule has 0 spiro atoms. The number of piperazine rings is 1. The largest absolute Gasteiger partial charge is 0.339 e. The Morgan fingerprint density at radius 1 is 1.52 bits per heavy atom. The lowest BCUT2D eigenvalue weighted by molar-refractivity contribution is -0.134. The van der Waals surface area contributed by atoms with E-state index in [9.17, 15) is 4.79 Å². The molecular formula is C16H19ClN4O2. The van der Waals surface area contributed by atoms with Crippen molar-refractivity contribution in [1.29, 1.82) is 0 Å². The summed E-state index contributed by atoms with van der Waals surface area (Å²) in [6.45, 7) is 3.97. The predicted octanol–water partition coefficient (Wildman–Crippen LogP) is 2.14. The van der Waals surface area contributed by atoms with Crippen LogP contribution >= 0.6 is 11.6 Å². The lowest BCUT2D eigenvalue weighted by atomic mass is 10.0. The number of halogens is 1. The molecule has 1 aliphatic rings. The molecule has 1 unspecified atom stereocenters. The first-order chi connectivity index (χ1) is 11.1.